The number of hydrogen-bond acceptors (Lipinski definition) is 5. The number of methoxy groups -OCH3 is 1. The number of benzene rings is 2. The number of carbonyl (C=O) groups is 1. The van der Waals surface area contributed by atoms with Gasteiger partial charge in [-0.2, -0.15) is 0 Å². The minimum atomic E-state index is -0.364. The number of aliphatic imine (C=N–C) groups is 1. The molecule has 2 rings (SSSR count). The van der Waals surface area contributed by atoms with Crippen LogP contribution < -0.4 is 10.1 Å². The Morgan fingerprint density at radius 1 is 0.897 bits per heavy atom. The largest absolute Gasteiger partial charge is 0.497 e. The number of esters is 1. The zero-order valence-corrected chi connectivity index (χ0v) is 17.8. The highest BCUT2D eigenvalue weighted by molar-refractivity contribution is 5.89. The van der Waals surface area contributed by atoms with Crippen LogP contribution >= 0.6 is 0 Å². The Morgan fingerprint density at radius 3 is 1.97 bits per heavy atom. The molecule has 0 atom stereocenters. The molecule has 6 nitrogen and oxygen atoms in total. The summed E-state index contributed by atoms with van der Waals surface area (Å²) < 4.78 is 16.3. The molecule has 0 aliphatic rings. The van der Waals surface area contributed by atoms with Crippen LogP contribution in [0.2, 0.25) is 0 Å². The van der Waals surface area contributed by atoms with E-state index in [4.69, 9.17) is 14.2 Å². The maximum atomic E-state index is 12.3. The number of hydrogen-bond donors (Lipinski definition) is 1. The van der Waals surface area contributed by atoms with Crippen molar-refractivity contribution < 1.29 is 19.0 Å². The molecule has 0 aromatic heterocycles. The number of carbonyl (C=O) groups excluding carboxylic acids is 1. The van der Waals surface area contributed by atoms with Gasteiger partial charge in [-0.3, -0.25) is 0 Å². The molecule has 0 bridgehead atoms. The molecule has 156 valence electrons. The second-order valence-electron chi connectivity index (χ2n) is 7.24. The van der Waals surface area contributed by atoms with Crippen molar-refractivity contribution >= 4 is 12.0 Å². The van der Waals surface area contributed by atoms with Gasteiger partial charge in [0.2, 0.25) is 0 Å². The van der Waals surface area contributed by atoms with Crippen LogP contribution in [0.4, 0.5) is 0 Å². The van der Waals surface area contributed by atoms with Gasteiger partial charge in [0, 0.05) is 12.1 Å². The van der Waals surface area contributed by atoms with Crippen LogP contribution in [0.1, 0.15) is 49.2 Å². The van der Waals surface area contributed by atoms with E-state index in [2.05, 4.69) is 10.3 Å². The summed E-state index contributed by atoms with van der Waals surface area (Å²) in [5, 5.41) is 3.20. The van der Waals surface area contributed by atoms with E-state index in [0.717, 1.165) is 16.9 Å². The Morgan fingerprint density at radius 2 is 1.45 bits per heavy atom. The summed E-state index contributed by atoms with van der Waals surface area (Å²) in [5.74, 6) is 0.403. The molecule has 29 heavy (non-hydrogen) atoms. The molecule has 2 aromatic rings. The third kappa shape index (κ3) is 7.86. The van der Waals surface area contributed by atoms with E-state index in [9.17, 15) is 4.79 Å². The molecule has 0 saturated heterocycles. The van der Waals surface area contributed by atoms with Crippen molar-refractivity contribution in [2.24, 2.45) is 4.99 Å². The number of amidine groups is 1. The lowest BCUT2D eigenvalue weighted by molar-refractivity contribution is 0.0472. The minimum absolute atomic E-state index is 0.138. The highest BCUT2D eigenvalue weighted by Gasteiger charge is 2.09. The fourth-order valence-corrected chi connectivity index (χ4v) is 2.44. The molecule has 0 fully saturated rings. The average molecular weight is 399 g/mol. The normalized spacial score (nSPS) is 11.5. The van der Waals surface area contributed by atoms with Gasteiger partial charge in [0.05, 0.1) is 12.7 Å². The number of rotatable bonds is 8. The molecule has 0 saturated carbocycles. The Hall–Kier alpha value is -3.02. The summed E-state index contributed by atoms with van der Waals surface area (Å²) in [7, 11) is 1.61. The first kappa shape index (κ1) is 22.3. The fourth-order valence-electron chi connectivity index (χ4n) is 2.44. The van der Waals surface area contributed by atoms with Crippen molar-refractivity contribution in [1.82, 2.24) is 5.32 Å². The molecule has 0 aliphatic carbocycles. The SMILES string of the molecule is COc1ccc(COC(=O)c2ccc(COC(=NC(C)C)NC(C)C)cc2)cc1. The number of nitrogens with zero attached hydrogens (tertiary/aromatic N) is 1. The van der Waals surface area contributed by atoms with E-state index in [-0.39, 0.29) is 24.7 Å². The van der Waals surface area contributed by atoms with Gasteiger partial charge in [-0.25, -0.2) is 9.79 Å². The Kier molecular flexibility index (Phi) is 8.52. The van der Waals surface area contributed by atoms with Gasteiger partial charge in [0.1, 0.15) is 19.0 Å². The molecule has 1 N–H and O–H groups in total. The van der Waals surface area contributed by atoms with Crippen LogP contribution in [0.3, 0.4) is 0 Å². The lowest BCUT2D eigenvalue weighted by atomic mass is 10.1. The zero-order valence-electron chi connectivity index (χ0n) is 17.8. The Labute approximate surface area is 172 Å². The van der Waals surface area contributed by atoms with Crippen LogP contribution in [0, 0.1) is 0 Å². The Balaban J connectivity index is 1.88. The molecular weight excluding hydrogens is 368 g/mol. The molecule has 0 unspecified atom stereocenters. The molecule has 6 heteroatoms. The predicted molar refractivity (Wildman–Crippen MR) is 114 cm³/mol. The average Bonchev–Trinajstić information content (AvgIpc) is 2.70. The molecule has 0 radical (unpaired) electrons. The summed E-state index contributed by atoms with van der Waals surface area (Å²) in [6.07, 6.45) is 0. The van der Waals surface area contributed by atoms with Gasteiger partial charge in [0.15, 0.2) is 0 Å². The first-order valence-electron chi connectivity index (χ1n) is 9.73. The van der Waals surface area contributed by atoms with E-state index in [1.54, 1.807) is 19.2 Å². The van der Waals surface area contributed by atoms with Crippen LogP contribution in [0.15, 0.2) is 53.5 Å². The molecular formula is C23H30N2O4. The van der Waals surface area contributed by atoms with E-state index in [1.165, 1.54) is 0 Å². The first-order chi connectivity index (χ1) is 13.9. The standard InChI is InChI=1S/C23H30N2O4/c1-16(2)24-23(25-17(3)4)29-15-18-6-10-20(11-7-18)22(26)28-14-19-8-12-21(27-5)13-9-19/h6-13,16-17H,14-15H2,1-5H3,(H,24,25). The van der Waals surface area contributed by atoms with Crippen molar-refractivity contribution in [3.63, 3.8) is 0 Å². The summed E-state index contributed by atoms with van der Waals surface area (Å²) >= 11 is 0. The summed E-state index contributed by atoms with van der Waals surface area (Å²) in [6, 6.07) is 15.5. The van der Waals surface area contributed by atoms with Gasteiger partial charge >= 0.3 is 5.97 Å². The first-order valence-corrected chi connectivity index (χ1v) is 9.73. The second-order valence-corrected chi connectivity index (χ2v) is 7.24. The monoisotopic (exact) mass is 398 g/mol. The summed E-state index contributed by atoms with van der Waals surface area (Å²) in [4.78, 5) is 16.7. The van der Waals surface area contributed by atoms with Gasteiger partial charge in [-0.1, -0.05) is 24.3 Å². The van der Waals surface area contributed by atoms with Crippen LogP contribution in [-0.2, 0) is 22.7 Å². The van der Waals surface area contributed by atoms with Crippen LogP contribution in [0.25, 0.3) is 0 Å². The van der Waals surface area contributed by atoms with Gasteiger partial charge in [-0.05, 0) is 63.1 Å². The topological polar surface area (TPSA) is 69.2 Å². The third-order valence-corrected chi connectivity index (χ3v) is 3.88. The van der Waals surface area contributed by atoms with E-state index >= 15 is 0 Å². The highest BCUT2D eigenvalue weighted by atomic mass is 16.5. The van der Waals surface area contributed by atoms with Crippen LogP contribution in [-0.4, -0.2) is 31.2 Å². The third-order valence-electron chi connectivity index (χ3n) is 3.88. The summed E-state index contributed by atoms with van der Waals surface area (Å²) in [6.45, 7) is 8.64. The Bertz CT molecular complexity index is 797. The van der Waals surface area contributed by atoms with E-state index < -0.39 is 0 Å². The van der Waals surface area contributed by atoms with Crippen LogP contribution in [0.5, 0.6) is 5.75 Å². The molecule has 2 aromatic carbocycles. The zero-order chi connectivity index (χ0) is 21.2. The minimum Gasteiger partial charge on any atom is -0.497 e. The van der Waals surface area contributed by atoms with Crippen molar-refractivity contribution in [3.8, 4) is 5.75 Å². The number of nitrogens with one attached hydrogen (secondary N) is 1. The lowest BCUT2D eigenvalue weighted by Crippen LogP contribution is -2.33. The lowest BCUT2D eigenvalue weighted by Gasteiger charge is -2.15. The smallest absolute Gasteiger partial charge is 0.338 e. The van der Waals surface area contributed by atoms with Crippen molar-refractivity contribution in [2.45, 2.75) is 53.0 Å². The van der Waals surface area contributed by atoms with Crippen molar-refractivity contribution in [2.75, 3.05) is 7.11 Å². The second kappa shape index (κ2) is 11.1. The molecule has 0 heterocycles. The van der Waals surface area contributed by atoms with Gasteiger partial charge in [-0.15, -0.1) is 0 Å². The molecule has 0 amide bonds. The fraction of sp³-hybridized carbons (Fsp3) is 0.391. The maximum Gasteiger partial charge on any atom is 0.338 e. The van der Waals surface area contributed by atoms with Gasteiger partial charge in [0.25, 0.3) is 6.02 Å². The van der Waals surface area contributed by atoms with Gasteiger partial charge < -0.3 is 19.5 Å². The van der Waals surface area contributed by atoms with E-state index in [1.807, 2.05) is 64.1 Å². The van der Waals surface area contributed by atoms with E-state index in [0.29, 0.717) is 18.2 Å². The highest BCUT2D eigenvalue weighted by Crippen LogP contribution is 2.13. The molecule has 0 spiro atoms. The maximum absolute atomic E-state index is 12.3. The van der Waals surface area contributed by atoms with Crippen molar-refractivity contribution in [3.05, 3.63) is 65.2 Å². The number of ether oxygens (including phenoxy) is 3. The van der Waals surface area contributed by atoms with Crippen molar-refractivity contribution in [1.29, 1.82) is 0 Å². The summed E-state index contributed by atoms with van der Waals surface area (Å²) in [5.41, 5.74) is 2.34. The molecule has 0 aliphatic heterocycles. The quantitative estimate of drug-likeness (QED) is 0.407. The predicted octanol–water partition coefficient (Wildman–Crippen LogP) is 4.33.